The molecule has 0 saturated heterocycles. The normalized spacial score (nSPS) is 10.8. The lowest BCUT2D eigenvalue weighted by molar-refractivity contribution is 0.0993. The van der Waals surface area contributed by atoms with Crippen molar-refractivity contribution in [1.82, 2.24) is 0 Å². The number of rotatable bonds is 5. The number of benzene rings is 2. The van der Waals surface area contributed by atoms with Crippen molar-refractivity contribution < 1.29 is 9.18 Å². The van der Waals surface area contributed by atoms with Crippen LogP contribution in [0.25, 0.3) is 0 Å². The van der Waals surface area contributed by atoms with Gasteiger partial charge in [0.2, 0.25) is 0 Å². The fourth-order valence-electron chi connectivity index (χ4n) is 2.23. The number of Topliss-reactive ketones (excluding diaryl/α,β-unsaturated/α-hetero) is 1. The van der Waals surface area contributed by atoms with Gasteiger partial charge in [0.15, 0.2) is 5.78 Å². The van der Waals surface area contributed by atoms with E-state index >= 15 is 0 Å². The zero-order valence-electron chi connectivity index (χ0n) is 11.9. The lowest BCUT2D eigenvalue weighted by Gasteiger charge is -2.06. The Hall–Kier alpha value is -1.96. The van der Waals surface area contributed by atoms with Gasteiger partial charge < -0.3 is 0 Å². The van der Waals surface area contributed by atoms with E-state index in [1.54, 1.807) is 12.1 Å². The predicted octanol–water partition coefficient (Wildman–Crippen LogP) is 4.45. The Labute approximate surface area is 119 Å². The van der Waals surface area contributed by atoms with Crippen molar-refractivity contribution in [3.8, 4) is 0 Å². The fourth-order valence-corrected chi connectivity index (χ4v) is 2.23. The number of hydrogen-bond acceptors (Lipinski definition) is 1. The maximum atomic E-state index is 13.1. The van der Waals surface area contributed by atoms with Gasteiger partial charge in [-0.25, -0.2) is 4.39 Å². The van der Waals surface area contributed by atoms with E-state index in [-0.39, 0.29) is 18.0 Å². The first-order valence-electron chi connectivity index (χ1n) is 6.91. The average Bonchev–Trinajstić information content (AvgIpc) is 2.38. The van der Waals surface area contributed by atoms with Gasteiger partial charge >= 0.3 is 0 Å². The van der Waals surface area contributed by atoms with Crippen LogP contribution >= 0.6 is 0 Å². The molecule has 104 valence electrons. The number of ketones is 1. The molecule has 2 aromatic carbocycles. The van der Waals surface area contributed by atoms with Crippen molar-refractivity contribution in [3.63, 3.8) is 0 Å². The molecule has 0 radical (unpaired) electrons. The van der Waals surface area contributed by atoms with E-state index in [2.05, 4.69) is 13.8 Å². The average molecular weight is 270 g/mol. The second kappa shape index (κ2) is 6.47. The molecule has 2 rings (SSSR count). The fraction of sp³-hybridized carbons (Fsp3) is 0.278. The zero-order valence-corrected chi connectivity index (χ0v) is 11.9. The molecule has 0 N–H and O–H groups in total. The Morgan fingerprint density at radius 3 is 2.35 bits per heavy atom. The van der Waals surface area contributed by atoms with E-state index in [4.69, 9.17) is 0 Å². The molecule has 0 atom stereocenters. The van der Waals surface area contributed by atoms with Crippen LogP contribution in [0.2, 0.25) is 0 Å². The maximum absolute atomic E-state index is 13.1. The molecule has 0 fully saturated rings. The molecule has 0 aliphatic carbocycles. The molecule has 0 aliphatic heterocycles. The number of carbonyl (C=O) groups is 1. The molecular weight excluding hydrogens is 251 g/mol. The Morgan fingerprint density at radius 2 is 1.75 bits per heavy atom. The van der Waals surface area contributed by atoms with E-state index in [0.29, 0.717) is 17.0 Å². The van der Waals surface area contributed by atoms with E-state index in [0.717, 1.165) is 6.42 Å². The highest BCUT2D eigenvalue weighted by Gasteiger charge is 2.08. The summed E-state index contributed by atoms with van der Waals surface area (Å²) in [4.78, 5) is 12.1. The van der Waals surface area contributed by atoms with Gasteiger partial charge in [-0.15, -0.1) is 0 Å². The molecule has 2 heteroatoms. The Bertz CT molecular complexity index is 585. The van der Waals surface area contributed by atoms with Gasteiger partial charge in [-0.05, 0) is 35.6 Å². The minimum absolute atomic E-state index is 0.0201. The van der Waals surface area contributed by atoms with Crippen LogP contribution in [-0.2, 0) is 12.8 Å². The molecular formula is C18H19FO. The molecule has 0 saturated carbocycles. The smallest absolute Gasteiger partial charge is 0.167 e. The first kappa shape index (κ1) is 14.4. The summed E-state index contributed by atoms with van der Waals surface area (Å²) >= 11 is 0. The third-order valence-electron chi connectivity index (χ3n) is 3.17. The highest BCUT2D eigenvalue weighted by Crippen LogP contribution is 2.13. The van der Waals surface area contributed by atoms with E-state index in [1.165, 1.54) is 17.7 Å². The Balaban J connectivity index is 2.06. The second-order valence-corrected chi connectivity index (χ2v) is 5.52. The summed E-state index contributed by atoms with van der Waals surface area (Å²) in [6, 6.07) is 13.9. The van der Waals surface area contributed by atoms with Crippen molar-refractivity contribution in [2.75, 3.05) is 0 Å². The summed E-state index contributed by atoms with van der Waals surface area (Å²) in [6.07, 6.45) is 1.25. The van der Waals surface area contributed by atoms with Crippen molar-refractivity contribution in [1.29, 1.82) is 0 Å². The highest BCUT2D eigenvalue weighted by atomic mass is 19.1. The molecule has 0 bridgehead atoms. The first-order chi connectivity index (χ1) is 9.54. The molecule has 0 spiro atoms. The van der Waals surface area contributed by atoms with Crippen LogP contribution in [-0.4, -0.2) is 5.78 Å². The van der Waals surface area contributed by atoms with Crippen LogP contribution in [0, 0.1) is 11.7 Å². The predicted molar refractivity (Wildman–Crippen MR) is 79.4 cm³/mol. The number of carbonyl (C=O) groups excluding carboxylic acids is 1. The minimum atomic E-state index is -0.303. The summed E-state index contributed by atoms with van der Waals surface area (Å²) in [5, 5.41) is 0. The van der Waals surface area contributed by atoms with Gasteiger partial charge in [0.25, 0.3) is 0 Å². The molecule has 0 heterocycles. The van der Waals surface area contributed by atoms with Crippen LogP contribution in [0.4, 0.5) is 4.39 Å². The highest BCUT2D eigenvalue weighted by molar-refractivity contribution is 5.97. The summed E-state index contributed by atoms with van der Waals surface area (Å²) in [6.45, 7) is 4.34. The third-order valence-corrected chi connectivity index (χ3v) is 3.17. The Kier molecular flexibility index (Phi) is 4.67. The van der Waals surface area contributed by atoms with Gasteiger partial charge in [-0.3, -0.25) is 4.79 Å². The molecule has 20 heavy (non-hydrogen) atoms. The quantitative estimate of drug-likeness (QED) is 0.734. The Morgan fingerprint density at radius 1 is 1.05 bits per heavy atom. The molecule has 0 aliphatic rings. The topological polar surface area (TPSA) is 17.1 Å². The summed E-state index contributed by atoms with van der Waals surface area (Å²) in [7, 11) is 0. The lowest BCUT2D eigenvalue weighted by Crippen LogP contribution is -2.04. The van der Waals surface area contributed by atoms with Crippen LogP contribution in [0.5, 0.6) is 0 Å². The van der Waals surface area contributed by atoms with Crippen LogP contribution in [0.15, 0.2) is 48.5 Å². The van der Waals surface area contributed by atoms with E-state index < -0.39 is 0 Å². The largest absolute Gasteiger partial charge is 0.294 e. The maximum Gasteiger partial charge on any atom is 0.167 e. The summed E-state index contributed by atoms with van der Waals surface area (Å²) < 4.78 is 13.1. The lowest BCUT2D eigenvalue weighted by atomic mass is 9.98. The van der Waals surface area contributed by atoms with Gasteiger partial charge in [0.05, 0.1) is 0 Å². The van der Waals surface area contributed by atoms with Crippen LogP contribution in [0.1, 0.15) is 35.3 Å². The van der Waals surface area contributed by atoms with Crippen molar-refractivity contribution in [3.05, 3.63) is 71.0 Å². The van der Waals surface area contributed by atoms with Gasteiger partial charge in [-0.2, -0.15) is 0 Å². The standard InChI is InChI=1S/C18H19FO/c1-13(2)10-14-6-8-16(9-7-14)18(20)12-15-4-3-5-17(19)11-15/h3-9,11,13H,10,12H2,1-2H3. The minimum Gasteiger partial charge on any atom is -0.294 e. The summed E-state index contributed by atoms with van der Waals surface area (Å²) in [5.74, 6) is 0.318. The third kappa shape index (κ3) is 4.02. The molecule has 2 aromatic rings. The SMILES string of the molecule is CC(C)Cc1ccc(C(=O)Cc2cccc(F)c2)cc1. The number of halogens is 1. The van der Waals surface area contributed by atoms with Crippen LogP contribution < -0.4 is 0 Å². The number of hydrogen-bond donors (Lipinski definition) is 0. The van der Waals surface area contributed by atoms with Crippen molar-refractivity contribution in [2.45, 2.75) is 26.7 Å². The first-order valence-corrected chi connectivity index (χ1v) is 6.91. The molecule has 0 aromatic heterocycles. The van der Waals surface area contributed by atoms with Crippen molar-refractivity contribution >= 4 is 5.78 Å². The summed E-state index contributed by atoms with van der Waals surface area (Å²) in [5.41, 5.74) is 2.63. The van der Waals surface area contributed by atoms with E-state index in [1.807, 2.05) is 24.3 Å². The molecule has 0 amide bonds. The van der Waals surface area contributed by atoms with Crippen molar-refractivity contribution in [2.24, 2.45) is 5.92 Å². The van der Waals surface area contributed by atoms with E-state index in [9.17, 15) is 9.18 Å². The monoisotopic (exact) mass is 270 g/mol. The molecule has 1 nitrogen and oxygen atoms in total. The van der Waals surface area contributed by atoms with Gasteiger partial charge in [-0.1, -0.05) is 50.2 Å². The van der Waals surface area contributed by atoms with Crippen LogP contribution in [0.3, 0.4) is 0 Å². The van der Waals surface area contributed by atoms with Gasteiger partial charge in [0.1, 0.15) is 5.82 Å². The second-order valence-electron chi connectivity index (χ2n) is 5.52. The molecule has 0 unspecified atom stereocenters. The zero-order chi connectivity index (χ0) is 14.5. The van der Waals surface area contributed by atoms with Gasteiger partial charge in [0, 0.05) is 12.0 Å².